The lowest BCUT2D eigenvalue weighted by Crippen LogP contribution is -2.31. The molecule has 0 fully saturated rings. The fourth-order valence-electron chi connectivity index (χ4n) is 3.67. The van der Waals surface area contributed by atoms with E-state index in [4.69, 9.17) is 4.74 Å². The maximum absolute atomic E-state index is 12.9. The molecule has 0 saturated carbocycles. The predicted molar refractivity (Wildman–Crippen MR) is 132 cm³/mol. The Morgan fingerprint density at radius 3 is 2.39 bits per heavy atom. The van der Waals surface area contributed by atoms with E-state index in [2.05, 4.69) is 4.99 Å². The molecule has 3 aromatic rings. The number of carbonyl (C=O) groups excluding carboxylic acids is 1. The highest BCUT2D eigenvalue weighted by Crippen LogP contribution is 2.30. The van der Waals surface area contributed by atoms with Crippen LogP contribution >= 0.6 is 11.3 Å². The average Bonchev–Trinajstić information content (AvgIpc) is 3.18. The summed E-state index contributed by atoms with van der Waals surface area (Å²) in [6.07, 6.45) is 1.72. The van der Waals surface area contributed by atoms with Gasteiger partial charge >= 0.3 is 0 Å². The Balaban J connectivity index is 1.97. The second-order valence-corrected chi connectivity index (χ2v) is 10.6. The van der Waals surface area contributed by atoms with Crippen LogP contribution in [0.4, 0.5) is 0 Å². The fraction of sp³-hybridized carbons (Fsp3) is 0.417. The Kier molecular flexibility index (Phi) is 8.10. The number of thiazole rings is 1. The third kappa shape index (κ3) is 5.05. The standard InChI is InChI=1S/C24H31N3O4S2/c1-6-9-16-26(7-2)33(29,30)19-13-11-18(12-14-19)23(28)25-24-27(8-3)21-20(31-5)15-10-17(4)22(21)32-24/h10-15H,6-9,16H2,1-5H3. The van der Waals surface area contributed by atoms with Crippen LogP contribution in [0.15, 0.2) is 46.3 Å². The number of amides is 1. The number of rotatable bonds is 9. The van der Waals surface area contributed by atoms with E-state index in [1.54, 1.807) is 7.11 Å². The number of hydrogen-bond donors (Lipinski definition) is 0. The molecule has 0 spiro atoms. The number of fused-ring (bicyclic) bond motifs is 1. The highest BCUT2D eigenvalue weighted by Gasteiger charge is 2.23. The van der Waals surface area contributed by atoms with Crippen LogP contribution in [0.3, 0.4) is 0 Å². The normalized spacial score (nSPS) is 12.6. The van der Waals surface area contributed by atoms with Crippen molar-refractivity contribution in [1.82, 2.24) is 8.87 Å². The van der Waals surface area contributed by atoms with Crippen LogP contribution in [0.25, 0.3) is 10.2 Å². The summed E-state index contributed by atoms with van der Waals surface area (Å²) in [4.78, 5) is 18.1. The molecule has 9 heteroatoms. The van der Waals surface area contributed by atoms with E-state index in [0.717, 1.165) is 34.4 Å². The van der Waals surface area contributed by atoms with Gasteiger partial charge in [-0.2, -0.15) is 9.30 Å². The number of carbonyl (C=O) groups is 1. The SMILES string of the molecule is CCCCN(CC)S(=O)(=O)c1ccc(C(=O)N=c2sc3c(C)ccc(OC)c3n2CC)cc1. The van der Waals surface area contributed by atoms with Crippen molar-refractivity contribution in [3.63, 3.8) is 0 Å². The van der Waals surface area contributed by atoms with Crippen LogP contribution in [-0.2, 0) is 16.6 Å². The summed E-state index contributed by atoms with van der Waals surface area (Å²) >= 11 is 1.44. The van der Waals surface area contributed by atoms with Crippen molar-refractivity contribution in [3.8, 4) is 5.75 Å². The molecule has 33 heavy (non-hydrogen) atoms. The summed E-state index contributed by atoms with van der Waals surface area (Å²) < 4.78 is 35.8. The summed E-state index contributed by atoms with van der Waals surface area (Å²) in [5.74, 6) is 0.323. The lowest BCUT2D eigenvalue weighted by molar-refractivity contribution is 0.0997. The number of nitrogens with zero attached hydrogens (tertiary/aromatic N) is 3. The highest BCUT2D eigenvalue weighted by molar-refractivity contribution is 7.89. The average molecular weight is 490 g/mol. The van der Waals surface area contributed by atoms with Crippen molar-refractivity contribution in [1.29, 1.82) is 0 Å². The second-order valence-electron chi connectivity index (χ2n) is 7.68. The van der Waals surface area contributed by atoms with E-state index < -0.39 is 15.9 Å². The third-order valence-corrected chi connectivity index (χ3v) is 8.77. The topological polar surface area (TPSA) is 81.0 Å². The zero-order valence-corrected chi connectivity index (χ0v) is 21.4. The first-order valence-electron chi connectivity index (χ1n) is 11.1. The maximum atomic E-state index is 12.9. The molecule has 1 amide bonds. The Morgan fingerprint density at radius 2 is 1.82 bits per heavy atom. The van der Waals surface area contributed by atoms with Crippen molar-refractivity contribution < 1.29 is 17.9 Å². The number of hydrogen-bond acceptors (Lipinski definition) is 5. The molecule has 178 valence electrons. The Morgan fingerprint density at radius 1 is 1.12 bits per heavy atom. The van der Waals surface area contributed by atoms with E-state index in [1.165, 1.54) is 39.9 Å². The number of methoxy groups -OCH3 is 1. The van der Waals surface area contributed by atoms with Crippen LogP contribution in [0.5, 0.6) is 5.75 Å². The quantitative estimate of drug-likeness (QED) is 0.440. The van der Waals surface area contributed by atoms with Gasteiger partial charge in [0.15, 0.2) is 4.80 Å². The number of sulfonamides is 1. The molecule has 0 aliphatic rings. The van der Waals surface area contributed by atoms with Gasteiger partial charge in [-0.15, -0.1) is 0 Å². The van der Waals surface area contributed by atoms with Gasteiger partial charge in [0.05, 0.1) is 16.7 Å². The van der Waals surface area contributed by atoms with Gasteiger partial charge in [-0.05, 0) is 56.2 Å². The zero-order valence-electron chi connectivity index (χ0n) is 19.8. The van der Waals surface area contributed by atoms with Crippen LogP contribution < -0.4 is 9.54 Å². The zero-order chi connectivity index (χ0) is 24.2. The van der Waals surface area contributed by atoms with E-state index in [-0.39, 0.29) is 4.90 Å². The van der Waals surface area contributed by atoms with Gasteiger partial charge in [0.2, 0.25) is 10.0 Å². The van der Waals surface area contributed by atoms with E-state index >= 15 is 0 Å². The molecule has 1 aromatic heterocycles. The number of unbranched alkanes of at least 4 members (excludes halogenated alkanes) is 1. The molecule has 7 nitrogen and oxygen atoms in total. The predicted octanol–water partition coefficient (Wildman–Crippen LogP) is 4.59. The van der Waals surface area contributed by atoms with Crippen LogP contribution in [0.2, 0.25) is 0 Å². The van der Waals surface area contributed by atoms with E-state index in [0.29, 0.717) is 30.0 Å². The van der Waals surface area contributed by atoms with Gasteiger partial charge in [0.1, 0.15) is 11.3 Å². The first kappa shape index (κ1) is 25.1. The summed E-state index contributed by atoms with van der Waals surface area (Å²) in [7, 11) is -1.96. The molecule has 0 saturated heterocycles. The van der Waals surface area contributed by atoms with Crippen molar-refractivity contribution in [2.75, 3.05) is 20.2 Å². The number of aryl methyl sites for hydroxylation is 2. The molecular weight excluding hydrogens is 458 g/mol. The summed E-state index contributed by atoms with van der Waals surface area (Å²) in [5.41, 5.74) is 2.35. The first-order chi connectivity index (χ1) is 15.8. The van der Waals surface area contributed by atoms with Crippen LogP contribution in [-0.4, -0.2) is 43.4 Å². The van der Waals surface area contributed by atoms with Crippen molar-refractivity contribution in [3.05, 3.63) is 52.3 Å². The number of benzene rings is 2. The Labute approximate surface area is 199 Å². The fourth-order valence-corrected chi connectivity index (χ4v) is 6.34. The highest BCUT2D eigenvalue weighted by atomic mass is 32.2. The number of aromatic nitrogens is 1. The van der Waals surface area contributed by atoms with E-state index in [9.17, 15) is 13.2 Å². The van der Waals surface area contributed by atoms with Crippen molar-refractivity contribution >= 4 is 37.5 Å². The Hall–Kier alpha value is -2.49. The monoisotopic (exact) mass is 489 g/mol. The summed E-state index contributed by atoms with van der Waals surface area (Å²) in [5, 5.41) is 0. The molecule has 1 heterocycles. The molecule has 3 rings (SSSR count). The molecule has 0 aliphatic carbocycles. The van der Waals surface area contributed by atoms with Gasteiger partial charge in [0.25, 0.3) is 5.91 Å². The molecule has 0 N–H and O–H groups in total. The molecule has 0 aliphatic heterocycles. The minimum Gasteiger partial charge on any atom is -0.495 e. The molecule has 0 unspecified atom stereocenters. The maximum Gasteiger partial charge on any atom is 0.279 e. The van der Waals surface area contributed by atoms with Crippen molar-refractivity contribution in [2.24, 2.45) is 4.99 Å². The largest absolute Gasteiger partial charge is 0.495 e. The minimum atomic E-state index is -3.59. The molecule has 0 atom stereocenters. The van der Waals surface area contributed by atoms with Gasteiger partial charge in [-0.1, -0.05) is 37.7 Å². The smallest absolute Gasteiger partial charge is 0.279 e. The lowest BCUT2D eigenvalue weighted by atomic mass is 10.2. The van der Waals surface area contributed by atoms with Gasteiger partial charge in [-0.3, -0.25) is 4.79 Å². The van der Waals surface area contributed by atoms with Crippen LogP contribution in [0, 0.1) is 6.92 Å². The van der Waals surface area contributed by atoms with Crippen LogP contribution in [0.1, 0.15) is 49.5 Å². The minimum absolute atomic E-state index is 0.183. The summed E-state index contributed by atoms with van der Waals surface area (Å²) in [6.45, 7) is 9.39. The molecule has 0 bridgehead atoms. The van der Waals surface area contributed by atoms with Gasteiger partial charge in [-0.25, -0.2) is 8.42 Å². The third-order valence-electron chi connectivity index (χ3n) is 5.57. The lowest BCUT2D eigenvalue weighted by Gasteiger charge is -2.20. The van der Waals surface area contributed by atoms with Gasteiger partial charge < -0.3 is 9.30 Å². The molecule has 2 aromatic carbocycles. The number of ether oxygens (including phenoxy) is 1. The summed E-state index contributed by atoms with van der Waals surface area (Å²) in [6, 6.07) is 9.94. The molecule has 0 radical (unpaired) electrons. The Bertz CT molecular complexity index is 1310. The first-order valence-corrected chi connectivity index (χ1v) is 13.4. The van der Waals surface area contributed by atoms with Gasteiger partial charge in [0, 0.05) is 25.2 Å². The second kappa shape index (κ2) is 10.6. The van der Waals surface area contributed by atoms with E-state index in [1.807, 2.05) is 44.4 Å². The molecular formula is C24H31N3O4S2. The van der Waals surface area contributed by atoms with Crippen molar-refractivity contribution in [2.45, 2.75) is 52.0 Å².